The Bertz CT molecular complexity index is 627. The van der Waals surface area contributed by atoms with Gasteiger partial charge in [-0.25, -0.2) is 0 Å². The van der Waals surface area contributed by atoms with Gasteiger partial charge in [0.05, 0.1) is 19.8 Å². The van der Waals surface area contributed by atoms with E-state index in [9.17, 15) is 9.59 Å². The number of ether oxygens (including phenoxy) is 2. The quantitative estimate of drug-likeness (QED) is 0.232. The molecule has 0 aliphatic carbocycles. The molecule has 1 unspecified atom stereocenters. The molecule has 2 amide bonds. The number of carbonyl (C=O) groups is 2. The molecule has 162 valence electrons. The van der Waals surface area contributed by atoms with Crippen LogP contribution in [0.3, 0.4) is 0 Å². The molecule has 0 bridgehead atoms. The summed E-state index contributed by atoms with van der Waals surface area (Å²) in [6.45, 7) is 1.56. The zero-order valence-corrected chi connectivity index (χ0v) is 18.3. The summed E-state index contributed by atoms with van der Waals surface area (Å²) >= 11 is 0. The first-order valence-corrected chi connectivity index (χ1v) is 12.4. The number of hydrogen-bond acceptors (Lipinski definition) is 7. The molecular weight excluding hydrogens is 410 g/mol. The largest absolute Gasteiger partial charge is 0.399 e. The number of rotatable bonds is 14. The Labute approximate surface area is 180 Å². The Balaban J connectivity index is 1.36. The lowest BCUT2D eigenvalue weighted by Gasteiger charge is -2.09. The molecule has 0 radical (unpaired) electrons. The minimum atomic E-state index is -0.242. The first-order chi connectivity index (χ1) is 14.1. The van der Waals surface area contributed by atoms with Crippen LogP contribution in [0.15, 0.2) is 24.3 Å². The Morgan fingerprint density at radius 3 is 2.79 bits per heavy atom. The molecule has 7 nitrogen and oxygen atoms in total. The molecule has 1 aliphatic rings. The van der Waals surface area contributed by atoms with E-state index in [4.69, 9.17) is 15.2 Å². The third-order valence-corrected chi connectivity index (χ3v) is 7.26. The fraction of sp³-hybridized carbons (Fsp3) is 0.600. The van der Waals surface area contributed by atoms with Crippen LogP contribution >= 0.6 is 21.6 Å². The van der Waals surface area contributed by atoms with Gasteiger partial charge in [-0.2, -0.15) is 0 Å². The molecule has 4 N–H and O–H groups in total. The molecule has 0 saturated carbocycles. The number of nitrogen functional groups attached to an aromatic ring is 1. The summed E-state index contributed by atoms with van der Waals surface area (Å²) in [4.78, 5) is 23.5. The summed E-state index contributed by atoms with van der Waals surface area (Å²) in [5.41, 5.74) is 6.89. The number of anilines is 2. The number of nitrogens with one attached hydrogen (secondary N) is 2. The van der Waals surface area contributed by atoms with Crippen molar-refractivity contribution >= 4 is 44.8 Å². The van der Waals surface area contributed by atoms with Crippen LogP contribution < -0.4 is 16.4 Å². The van der Waals surface area contributed by atoms with E-state index in [-0.39, 0.29) is 18.4 Å². The minimum absolute atomic E-state index is 0.0487. The van der Waals surface area contributed by atoms with Crippen molar-refractivity contribution in [3.05, 3.63) is 24.3 Å². The van der Waals surface area contributed by atoms with Crippen molar-refractivity contribution < 1.29 is 19.1 Å². The van der Waals surface area contributed by atoms with Gasteiger partial charge < -0.3 is 25.8 Å². The summed E-state index contributed by atoms with van der Waals surface area (Å²) < 4.78 is 10.7. The SMILES string of the molecule is Nc1cccc(NC(=O)COCCOCCNC(=O)CCCCC2CCSS2)c1. The summed E-state index contributed by atoms with van der Waals surface area (Å²) in [5, 5.41) is 6.35. The van der Waals surface area contributed by atoms with E-state index in [1.54, 1.807) is 24.3 Å². The van der Waals surface area contributed by atoms with Gasteiger partial charge in [-0.1, -0.05) is 34.1 Å². The number of carbonyl (C=O) groups excluding carboxylic acids is 2. The molecule has 0 spiro atoms. The molecule has 1 atom stereocenters. The molecule has 2 rings (SSSR count). The fourth-order valence-corrected chi connectivity index (χ4v) is 5.80. The van der Waals surface area contributed by atoms with Gasteiger partial charge in [0.25, 0.3) is 0 Å². The summed E-state index contributed by atoms with van der Waals surface area (Å²) in [7, 11) is 3.95. The van der Waals surface area contributed by atoms with Crippen molar-refractivity contribution in [3.63, 3.8) is 0 Å². The van der Waals surface area contributed by atoms with Crippen LogP contribution in [0.5, 0.6) is 0 Å². The Kier molecular flexibility index (Phi) is 12.0. The van der Waals surface area contributed by atoms with Gasteiger partial charge in [-0.15, -0.1) is 0 Å². The molecule has 1 heterocycles. The van der Waals surface area contributed by atoms with Crippen LogP contribution in [-0.4, -0.2) is 55.8 Å². The third kappa shape index (κ3) is 11.4. The second kappa shape index (κ2) is 14.5. The second-order valence-electron chi connectivity index (χ2n) is 6.76. The predicted octanol–water partition coefficient (Wildman–Crippen LogP) is 3.07. The highest BCUT2D eigenvalue weighted by Crippen LogP contribution is 2.39. The maximum absolute atomic E-state index is 11.8. The highest BCUT2D eigenvalue weighted by molar-refractivity contribution is 8.77. The average Bonchev–Trinajstić information content (AvgIpc) is 3.21. The molecule has 1 aliphatic heterocycles. The summed E-state index contributed by atoms with van der Waals surface area (Å²) in [5.74, 6) is 1.10. The Hall–Kier alpha value is -1.42. The molecule has 1 saturated heterocycles. The van der Waals surface area contributed by atoms with Crippen molar-refractivity contribution in [2.24, 2.45) is 0 Å². The number of hydrogen-bond donors (Lipinski definition) is 3. The number of amides is 2. The lowest BCUT2D eigenvalue weighted by Crippen LogP contribution is -2.27. The van der Waals surface area contributed by atoms with Crippen molar-refractivity contribution in [2.75, 3.05) is 49.8 Å². The molecule has 1 aromatic rings. The van der Waals surface area contributed by atoms with E-state index in [0.29, 0.717) is 44.2 Å². The Morgan fingerprint density at radius 1 is 1.14 bits per heavy atom. The molecule has 9 heteroatoms. The molecular formula is C20H31N3O4S2. The Morgan fingerprint density at radius 2 is 2.00 bits per heavy atom. The fourth-order valence-electron chi connectivity index (χ4n) is 2.77. The van der Waals surface area contributed by atoms with E-state index in [2.05, 4.69) is 10.6 Å². The van der Waals surface area contributed by atoms with Crippen molar-refractivity contribution in [1.29, 1.82) is 0 Å². The maximum Gasteiger partial charge on any atom is 0.250 e. The van der Waals surface area contributed by atoms with E-state index in [1.165, 1.54) is 18.6 Å². The second-order valence-corrected chi connectivity index (χ2v) is 9.55. The lowest BCUT2D eigenvalue weighted by atomic mass is 10.1. The van der Waals surface area contributed by atoms with Gasteiger partial charge >= 0.3 is 0 Å². The van der Waals surface area contributed by atoms with Gasteiger partial charge in [0.2, 0.25) is 11.8 Å². The van der Waals surface area contributed by atoms with E-state index >= 15 is 0 Å². The highest BCUT2D eigenvalue weighted by atomic mass is 33.1. The van der Waals surface area contributed by atoms with Crippen LogP contribution in [0.2, 0.25) is 0 Å². The van der Waals surface area contributed by atoms with Gasteiger partial charge in [-0.3, -0.25) is 9.59 Å². The smallest absolute Gasteiger partial charge is 0.250 e. The number of nitrogens with two attached hydrogens (primary N) is 1. The number of benzene rings is 1. The molecule has 1 aromatic carbocycles. The van der Waals surface area contributed by atoms with Crippen LogP contribution in [0.4, 0.5) is 11.4 Å². The highest BCUT2D eigenvalue weighted by Gasteiger charge is 2.15. The summed E-state index contributed by atoms with van der Waals surface area (Å²) in [6, 6.07) is 6.97. The van der Waals surface area contributed by atoms with Gasteiger partial charge in [0.15, 0.2) is 0 Å². The lowest BCUT2D eigenvalue weighted by molar-refractivity contribution is -0.122. The number of unbranched alkanes of at least 4 members (excludes halogenated alkanes) is 1. The van der Waals surface area contributed by atoms with Gasteiger partial charge in [0, 0.05) is 35.3 Å². The van der Waals surface area contributed by atoms with Crippen LogP contribution in [-0.2, 0) is 19.1 Å². The zero-order chi connectivity index (χ0) is 20.7. The first-order valence-electron chi connectivity index (χ1n) is 9.99. The molecule has 0 aromatic heterocycles. The molecule has 29 heavy (non-hydrogen) atoms. The van der Waals surface area contributed by atoms with Crippen LogP contribution in [0.1, 0.15) is 32.1 Å². The van der Waals surface area contributed by atoms with E-state index in [0.717, 1.165) is 18.1 Å². The summed E-state index contributed by atoms with van der Waals surface area (Å²) in [6.07, 6.45) is 5.15. The van der Waals surface area contributed by atoms with Crippen molar-refractivity contribution in [1.82, 2.24) is 5.32 Å². The van der Waals surface area contributed by atoms with Gasteiger partial charge in [0.1, 0.15) is 6.61 Å². The topological polar surface area (TPSA) is 103 Å². The van der Waals surface area contributed by atoms with E-state index < -0.39 is 0 Å². The van der Waals surface area contributed by atoms with Crippen molar-refractivity contribution in [2.45, 2.75) is 37.4 Å². The predicted molar refractivity (Wildman–Crippen MR) is 121 cm³/mol. The van der Waals surface area contributed by atoms with Crippen LogP contribution in [0, 0.1) is 0 Å². The monoisotopic (exact) mass is 441 g/mol. The standard InChI is InChI=1S/C20H31N3O4S2/c21-16-4-3-5-17(14-16)23-20(25)15-27-12-11-26-10-9-22-19(24)7-2-1-6-18-8-13-28-29-18/h3-5,14,18H,1-2,6-13,15,21H2,(H,22,24)(H,23,25). The van der Waals surface area contributed by atoms with Crippen molar-refractivity contribution in [3.8, 4) is 0 Å². The van der Waals surface area contributed by atoms with Crippen LogP contribution in [0.25, 0.3) is 0 Å². The van der Waals surface area contributed by atoms with E-state index in [1.807, 2.05) is 21.6 Å². The zero-order valence-electron chi connectivity index (χ0n) is 16.7. The normalized spacial score (nSPS) is 15.9. The third-order valence-electron chi connectivity index (χ3n) is 4.25. The average molecular weight is 442 g/mol. The molecule has 1 fully saturated rings. The minimum Gasteiger partial charge on any atom is -0.399 e. The first kappa shape index (κ1) is 23.9. The van der Waals surface area contributed by atoms with Gasteiger partial charge in [-0.05, 0) is 37.5 Å². The maximum atomic E-state index is 11.8.